The molecule has 1 aliphatic carbocycles. The molecule has 1 aromatic rings. The Morgan fingerprint density at radius 3 is 2.53 bits per heavy atom. The van der Waals surface area contributed by atoms with Gasteiger partial charge in [0.15, 0.2) is 0 Å². The predicted molar refractivity (Wildman–Crippen MR) is 63.1 cm³/mol. The van der Waals surface area contributed by atoms with Crippen LogP contribution < -0.4 is 0 Å². The molecule has 1 aromatic carbocycles. The van der Waals surface area contributed by atoms with E-state index in [9.17, 15) is 9.59 Å². The first-order chi connectivity index (χ1) is 8.07. The smallest absolute Gasteiger partial charge is 0.310 e. The second-order valence-corrected chi connectivity index (χ2v) is 5.05. The van der Waals surface area contributed by atoms with Gasteiger partial charge < -0.3 is 9.53 Å². The Bertz CT molecular complexity index is 422. The molecular weight excluding hydrogens is 216 g/mol. The first-order valence-electron chi connectivity index (χ1n) is 5.73. The summed E-state index contributed by atoms with van der Waals surface area (Å²) in [5.41, 5.74) is 0.720. The van der Waals surface area contributed by atoms with Crippen molar-refractivity contribution < 1.29 is 14.3 Å². The third kappa shape index (κ3) is 2.23. The molecule has 3 nitrogen and oxygen atoms in total. The number of ether oxygens (including phenoxy) is 1. The van der Waals surface area contributed by atoms with E-state index in [1.54, 1.807) is 0 Å². The molecular formula is C14H16O3. The summed E-state index contributed by atoms with van der Waals surface area (Å²) in [4.78, 5) is 22.5. The predicted octanol–water partition coefficient (Wildman–Crippen LogP) is 2.20. The summed E-state index contributed by atoms with van der Waals surface area (Å²) in [6.45, 7) is 4.11. The highest BCUT2D eigenvalue weighted by atomic mass is 16.5. The van der Waals surface area contributed by atoms with E-state index < -0.39 is 0 Å². The minimum Gasteiger partial charge on any atom is -0.461 e. The second-order valence-electron chi connectivity index (χ2n) is 5.05. The second kappa shape index (κ2) is 4.32. The summed E-state index contributed by atoms with van der Waals surface area (Å²) in [5, 5.41) is 0. The van der Waals surface area contributed by atoms with Gasteiger partial charge in [-0.2, -0.15) is 0 Å². The zero-order valence-corrected chi connectivity index (χ0v) is 10.1. The third-order valence-electron chi connectivity index (χ3n) is 3.54. The lowest BCUT2D eigenvalue weighted by atomic mass is 10.1. The van der Waals surface area contributed by atoms with Crippen LogP contribution in [0, 0.1) is 17.3 Å². The molecule has 0 amide bonds. The van der Waals surface area contributed by atoms with Gasteiger partial charge >= 0.3 is 5.97 Å². The fourth-order valence-electron chi connectivity index (χ4n) is 2.20. The lowest BCUT2D eigenvalue weighted by Crippen LogP contribution is -2.10. The molecule has 0 aromatic heterocycles. The summed E-state index contributed by atoms with van der Waals surface area (Å²) in [7, 11) is 0. The minimum absolute atomic E-state index is 0.189. The SMILES string of the molecule is CC1(C)C(C=O)C1C(=O)OCc1ccccc1. The number of carbonyl (C=O) groups excluding carboxylic acids is 2. The van der Waals surface area contributed by atoms with Crippen LogP contribution in [0.2, 0.25) is 0 Å². The maximum absolute atomic E-state index is 11.8. The van der Waals surface area contributed by atoms with Crippen LogP contribution in [0.15, 0.2) is 30.3 Å². The highest BCUT2D eigenvalue weighted by molar-refractivity contribution is 5.84. The molecule has 0 heterocycles. The minimum atomic E-state index is -0.274. The Morgan fingerprint density at radius 1 is 1.35 bits per heavy atom. The molecule has 1 aliphatic rings. The molecule has 0 radical (unpaired) electrons. The van der Waals surface area contributed by atoms with Gasteiger partial charge in [0.1, 0.15) is 12.9 Å². The highest BCUT2D eigenvalue weighted by Gasteiger charge is 2.62. The topological polar surface area (TPSA) is 43.4 Å². The standard InChI is InChI=1S/C14H16O3/c1-14(2)11(8-15)12(14)13(16)17-9-10-6-4-3-5-7-10/h3-8,11-12H,9H2,1-2H3. The van der Waals surface area contributed by atoms with Gasteiger partial charge in [0.05, 0.1) is 5.92 Å². The van der Waals surface area contributed by atoms with Gasteiger partial charge in [0, 0.05) is 5.92 Å². The first kappa shape index (κ1) is 11.8. The van der Waals surface area contributed by atoms with Gasteiger partial charge in [-0.15, -0.1) is 0 Å². The number of hydrogen-bond donors (Lipinski definition) is 0. The van der Waals surface area contributed by atoms with Gasteiger partial charge in [-0.05, 0) is 11.0 Å². The summed E-state index contributed by atoms with van der Waals surface area (Å²) in [6, 6.07) is 9.53. The van der Waals surface area contributed by atoms with E-state index in [-0.39, 0.29) is 29.8 Å². The van der Waals surface area contributed by atoms with Crippen LogP contribution in [0.4, 0.5) is 0 Å². The van der Waals surface area contributed by atoms with Crippen molar-refractivity contribution in [2.45, 2.75) is 20.5 Å². The molecule has 90 valence electrons. The zero-order valence-electron chi connectivity index (χ0n) is 10.1. The molecule has 1 fully saturated rings. The Morgan fingerprint density at radius 2 is 2.00 bits per heavy atom. The fraction of sp³-hybridized carbons (Fsp3) is 0.429. The molecule has 0 bridgehead atoms. The van der Waals surface area contributed by atoms with Crippen LogP contribution in [0.1, 0.15) is 19.4 Å². The Balaban J connectivity index is 1.89. The number of aldehydes is 1. The van der Waals surface area contributed by atoms with E-state index in [0.29, 0.717) is 0 Å². The first-order valence-corrected chi connectivity index (χ1v) is 5.73. The lowest BCUT2D eigenvalue weighted by Gasteiger charge is -2.05. The maximum Gasteiger partial charge on any atom is 0.310 e. The Hall–Kier alpha value is -1.64. The van der Waals surface area contributed by atoms with Crippen LogP contribution in [-0.2, 0) is 20.9 Å². The molecule has 2 rings (SSSR count). The van der Waals surface area contributed by atoms with Gasteiger partial charge in [-0.3, -0.25) is 4.79 Å². The molecule has 3 heteroatoms. The number of hydrogen-bond acceptors (Lipinski definition) is 3. The van der Waals surface area contributed by atoms with Crippen molar-refractivity contribution in [2.24, 2.45) is 17.3 Å². The van der Waals surface area contributed by atoms with Crippen molar-refractivity contribution in [3.8, 4) is 0 Å². The number of rotatable bonds is 4. The van der Waals surface area contributed by atoms with E-state index in [0.717, 1.165) is 11.8 Å². The van der Waals surface area contributed by atoms with Crippen molar-refractivity contribution in [1.82, 2.24) is 0 Å². The molecule has 0 spiro atoms. The van der Waals surface area contributed by atoms with Gasteiger partial charge in [0.2, 0.25) is 0 Å². The average Bonchev–Trinajstić information content (AvgIpc) is 2.89. The zero-order chi connectivity index (χ0) is 12.5. The summed E-state index contributed by atoms with van der Waals surface area (Å²) < 4.78 is 5.22. The number of benzene rings is 1. The maximum atomic E-state index is 11.8. The van der Waals surface area contributed by atoms with Crippen molar-refractivity contribution in [3.05, 3.63) is 35.9 Å². The molecule has 0 N–H and O–H groups in total. The van der Waals surface area contributed by atoms with Crippen molar-refractivity contribution >= 4 is 12.3 Å². The van der Waals surface area contributed by atoms with Gasteiger partial charge in [-0.25, -0.2) is 0 Å². The van der Waals surface area contributed by atoms with E-state index in [2.05, 4.69) is 0 Å². The molecule has 2 unspecified atom stereocenters. The van der Waals surface area contributed by atoms with Crippen molar-refractivity contribution in [1.29, 1.82) is 0 Å². The lowest BCUT2D eigenvalue weighted by molar-refractivity contribution is -0.147. The average molecular weight is 232 g/mol. The summed E-state index contributed by atoms with van der Waals surface area (Å²) >= 11 is 0. The van der Waals surface area contributed by atoms with Crippen LogP contribution in [0.3, 0.4) is 0 Å². The largest absolute Gasteiger partial charge is 0.461 e. The van der Waals surface area contributed by atoms with Gasteiger partial charge in [0.25, 0.3) is 0 Å². The molecule has 1 saturated carbocycles. The van der Waals surface area contributed by atoms with E-state index >= 15 is 0 Å². The van der Waals surface area contributed by atoms with E-state index in [4.69, 9.17) is 4.74 Å². The third-order valence-corrected chi connectivity index (χ3v) is 3.54. The highest BCUT2D eigenvalue weighted by Crippen LogP contribution is 2.57. The molecule has 2 atom stereocenters. The molecule has 0 saturated heterocycles. The van der Waals surface area contributed by atoms with Crippen LogP contribution in [0.5, 0.6) is 0 Å². The summed E-state index contributed by atoms with van der Waals surface area (Å²) in [5.74, 6) is -0.731. The monoisotopic (exact) mass is 232 g/mol. The number of esters is 1. The quantitative estimate of drug-likeness (QED) is 0.590. The van der Waals surface area contributed by atoms with Crippen LogP contribution in [-0.4, -0.2) is 12.3 Å². The molecule has 17 heavy (non-hydrogen) atoms. The van der Waals surface area contributed by atoms with Crippen molar-refractivity contribution in [2.75, 3.05) is 0 Å². The van der Waals surface area contributed by atoms with E-state index in [1.165, 1.54) is 0 Å². The Kier molecular flexibility index (Phi) is 3.01. The molecule has 0 aliphatic heterocycles. The fourth-order valence-corrected chi connectivity index (χ4v) is 2.20. The van der Waals surface area contributed by atoms with Gasteiger partial charge in [-0.1, -0.05) is 44.2 Å². The number of carbonyl (C=O) groups is 2. The van der Waals surface area contributed by atoms with E-state index in [1.807, 2.05) is 44.2 Å². The Labute approximate surface area is 101 Å². The normalized spacial score (nSPS) is 25.1. The van der Waals surface area contributed by atoms with Crippen molar-refractivity contribution in [3.63, 3.8) is 0 Å². The van der Waals surface area contributed by atoms with Crippen LogP contribution in [0.25, 0.3) is 0 Å². The van der Waals surface area contributed by atoms with Crippen LogP contribution >= 0.6 is 0 Å². The summed E-state index contributed by atoms with van der Waals surface area (Å²) in [6.07, 6.45) is 0.856.